The summed E-state index contributed by atoms with van der Waals surface area (Å²) in [5.41, 5.74) is 1.73. The van der Waals surface area contributed by atoms with Crippen LogP contribution in [0.2, 0.25) is 0 Å². The summed E-state index contributed by atoms with van der Waals surface area (Å²) in [4.78, 5) is 2.20. The first-order valence-corrected chi connectivity index (χ1v) is 5.85. The van der Waals surface area contributed by atoms with Crippen LogP contribution in [-0.4, -0.2) is 36.9 Å². The van der Waals surface area contributed by atoms with Gasteiger partial charge in [-0.25, -0.2) is 0 Å². The molecular weight excluding hydrogens is 214 g/mol. The molecule has 4 heteroatoms. The average Bonchev–Trinajstić information content (AvgIpc) is 2.39. The van der Waals surface area contributed by atoms with E-state index in [1.807, 2.05) is 24.3 Å². The van der Waals surface area contributed by atoms with Gasteiger partial charge in [0.15, 0.2) is 0 Å². The Morgan fingerprint density at radius 1 is 1.47 bits per heavy atom. The molecule has 0 spiro atoms. The van der Waals surface area contributed by atoms with E-state index >= 15 is 0 Å². The molecule has 1 aromatic rings. The number of rotatable bonds is 2. The zero-order chi connectivity index (χ0) is 12.3. The summed E-state index contributed by atoms with van der Waals surface area (Å²) in [6, 6.07) is 10.2. The van der Waals surface area contributed by atoms with E-state index in [4.69, 9.17) is 5.26 Å². The fraction of sp³-hybridized carbons (Fsp3) is 0.462. The highest BCUT2D eigenvalue weighted by atomic mass is 16.3. The van der Waals surface area contributed by atoms with Crippen LogP contribution in [0.25, 0.3) is 0 Å². The first-order chi connectivity index (χ1) is 8.24. The summed E-state index contributed by atoms with van der Waals surface area (Å²) in [5, 5.41) is 21.5. The first kappa shape index (κ1) is 11.9. The molecule has 0 amide bonds. The van der Waals surface area contributed by atoms with E-state index < -0.39 is 0 Å². The minimum atomic E-state index is 0.110. The Kier molecular flexibility index (Phi) is 3.62. The molecule has 0 aromatic heterocycles. The highest BCUT2D eigenvalue weighted by molar-refractivity contribution is 5.51. The molecule has 1 aliphatic heterocycles. The van der Waals surface area contributed by atoms with E-state index in [-0.39, 0.29) is 12.6 Å². The number of anilines is 1. The molecule has 2 rings (SSSR count). The van der Waals surface area contributed by atoms with Crippen LogP contribution in [0.4, 0.5) is 5.69 Å². The molecule has 0 radical (unpaired) electrons. The third-order valence-corrected chi connectivity index (χ3v) is 3.15. The Morgan fingerprint density at radius 2 is 2.18 bits per heavy atom. The number of hydrogen-bond acceptors (Lipinski definition) is 4. The van der Waals surface area contributed by atoms with Gasteiger partial charge in [0, 0.05) is 24.8 Å². The fourth-order valence-corrected chi connectivity index (χ4v) is 2.16. The summed E-state index contributed by atoms with van der Waals surface area (Å²) < 4.78 is 0. The molecule has 90 valence electrons. The zero-order valence-corrected chi connectivity index (χ0v) is 9.93. The zero-order valence-electron chi connectivity index (χ0n) is 9.93. The topological polar surface area (TPSA) is 59.3 Å². The van der Waals surface area contributed by atoms with E-state index in [0.29, 0.717) is 11.6 Å². The summed E-state index contributed by atoms with van der Waals surface area (Å²) in [6.07, 6.45) is 0. The lowest BCUT2D eigenvalue weighted by atomic mass is 10.1. The molecule has 1 aliphatic rings. The van der Waals surface area contributed by atoms with Gasteiger partial charge in [-0.15, -0.1) is 0 Å². The highest BCUT2D eigenvalue weighted by Crippen LogP contribution is 2.20. The van der Waals surface area contributed by atoms with Crippen molar-refractivity contribution in [2.45, 2.75) is 19.0 Å². The number of nitrogens with one attached hydrogen (secondary N) is 1. The Balaban J connectivity index is 2.20. The standard InChI is InChI=1S/C13H17N3O/c1-10-8-16(13(9-17)7-15-10)12-4-2-11(6-14)3-5-12/h2-5,10,13,15,17H,7-9H2,1H3. The molecule has 2 unspecified atom stereocenters. The maximum Gasteiger partial charge on any atom is 0.0991 e. The van der Waals surface area contributed by atoms with Gasteiger partial charge >= 0.3 is 0 Å². The lowest BCUT2D eigenvalue weighted by molar-refractivity contribution is 0.237. The number of benzene rings is 1. The lowest BCUT2D eigenvalue weighted by Gasteiger charge is -2.40. The van der Waals surface area contributed by atoms with E-state index in [9.17, 15) is 5.11 Å². The van der Waals surface area contributed by atoms with Crippen molar-refractivity contribution in [1.29, 1.82) is 5.26 Å². The Hall–Kier alpha value is -1.57. The molecular formula is C13H17N3O. The number of nitrogens with zero attached hydrogens (tertiary/aromatic N) is 2. The van der Waals surface area contributed by atoms with Crippen LogP contribution in [0.3, 0.4) is 0 Å². The van der Waals surface area contributed by atoms with Crippen LogP contribution in [0.1, 0.15) is 12.5 Å². The molecule has 1 saturated heterocycles. The third kappa shape index (κ3) is 2.57. The largest absolute Gasteiger partial charge is 0.394 e. The van der Waals surface area contributed by atoms with Crippen LogP contribution < -0.4 is 10.2 Å². The monoisotopic (exact) mass is 231 g/mol. The van der Waals surface area contributed by atoms with E-state index in [1.165, 1.54) is 0 Å². The molecule has 17 heavy (non-hydrogen) atoms. The summed E-state index contributed by atoms with van der Waals surface area (Å²) in [6.45, 7) is 3.93. The Bertz CT molecular complexity index is 410. The number of nitriles is 1. The summed E-state index contributed by atoms with van der Waals surface area (Å²) >= 11 is 0. The quantitative estimate of drug-likeness (QED) is 0.787. The van der Waals surface area contributed by atoms with Crippen molar-refractivity contribution >= 4 is 5.69 Å². The predicted molar refractivity (Wildman–Crippen MR) is 66.8 cm³/mol. The summed E-state index contributed by atoms with van der Waals surface area (Å²) in [7, 11) is 0. The second kappa shape index (κ2) is 5.17. The number of piperazine rings is 1. The van der Waals surface area contributed by atoms with Crippen molar-refractivity contribution in [1.82, 2.24) is 5.32 Å². The van der Waals surface area contributed by atoms with Crippen molar-refractivity contribution in [3.8, 4) is 6.07 Å². The van der Waals surface area contributed by atoms with Gasteiger partial charge in [0.25, 0.3) is 0 Å². The maximum atomic E-state index is 9.38. The molecule has 2 N–H and O–H groups in total. The van der Waals surface area contributed by atoms with Gasteiger partial charge in [0.05, 0.1) is 24.3 Å². The molecule has 0 saturated carbocycles. The van der Waals surface area contributed by atoms with Crippen molar-refractivity contribution in [3.63, 3.8) is 0 Å². The van der Waals surface area contributed by atoms with Crippen LogP contribution >= 0.6 is 0 Å². The molecule has 1 aromatic carbocycles. The number of hydrogen-bond donors (Lipinski definition) is 2. The van der Waals surface area contributed by atoms with Crippen molar-refractivity contribution in [3.05, 3.63) is 29.8 Å². The smallest absolute Gasteiger partial charge is 0.0991 e. The minimum Gasteiger partial charge on any atom is -0.394 e. The SMILES string of the molecule is CC1CN(c2ccc(C#N)cc2)C(CO)CN1. The van der Waals surface area contributed by atoms with Gasteiger partial charge in [-0.2, -0.15) is 5.26 Å². The van der Waals surface area contributed by atoms with Gasteiger partial charge in [-0.05, 0) is 31.2 Å². The maximum absolute atomic E-state index is 9.38. The van der Waals surface area contributed by atoms with Gasteiger partial charge in [0.2, 0.25) is 0 Å². The van der Waals surface area contributed by atoms with Crippen LogP contribution in [-0.2, 0) is 0 Å². The van der Waals surface area contributed by atoms with Crippen LogP contribution in [0.5, 0.6) is 0 Å². The van der Waals surface area contributed by atoms with Crippen molar-refractivity contribution in [2.24, 2.45) is 0 Å². The third-order valence-electron chi connectivity index (χ3n) is 3.15. The van der Waals surface area contributed by atoms with Gasteiger partial charge < -0.3 is 15.3 Å². The lowest BCUT2D eigenvalue weighted by Crippen LogP contribution is -2.57. The number of aliphatic hydroxyl groups is 1. The minimum absolute atomic E-state index is 0.110. The number of aliphatic hydroxyl groups excluding tert-OH is 1. The summed E-state index contributed by atoms with van der Waals surface area (Å²) in [5.74, 6) is 0. The first-order valence-electron chi connectivity index (χ1n) is 5.85. The molecule has 1 fully saturated rings. The van der Waals surface area contributed by atoms with Crippen molar-refractivity contribution < 1.29 is 5.11 Å². The van der Waals surface area contributed by atoms with Crippen LogP contribution in [0.15, 0.2) is 24.3 Å². The normalized spacial score (nSPS) is 24.4. The van der Waals surface area contributed by atoms with E-state index in [2.05, 4.69) is 23.2 Å². The highest BCUT2D eigenvalue weighted by Gasteiger charge is 2.25. The molecule has 1 heterocycles. The second-order valence-corrected chi connectivity index (χ2v) is 4.46. The molecule has 0 bridgehead atoms. The molecule has 4 nitrogen and oxygen atoms in total. The van der Waals surface area contributed by atoms with E-state index in [0.717, 1.165) is 18.8 Å². The van der Waals surface area contributed by atoms with Gasteiger partial charge in [-0.3, -0.25) is 0 Å². The molecule has 2 atom stereocenters. The Labute approximate surface area is 101 Å². The van der Waals surface area contributed by atoms with E-state index in [1.54, 1.807) is 0 Å². The van der Waals surface area contributed by atoms with Crippen molar-refractivity contribution in [2.75, 3.05) is 24.6 Å². The Morgan fingerprint density at radius 3 is 2.76 bits per heavy atom. The van der Waals surface area contributed by atoms with Crippen LogP contribution in [0, 0.1) is 11.3 Å². The van der Waals surface area contributed by atoms with Gasteiger partial charge in [0.1, 0.15) is 0 Å². The second-order valence-electron chi connectivity index (χ2n) is 4.46. The average molecular weight is 231 g/mol. The van der Waals surface area contributed by atoms with Gasteiger partial charge in [-0.1, -0.05) is 0 Å². The molecule has 0 aliphatic carbocycles. The fourth-order valence-electron chi connectivity index (χ4n) is 2.16. The predicted octanol–water partition coefficient (Wildman–Crippen LogP) is 0.717.